The molecule has 1 aromatic carbocycles. The average molecular weight is 391 g/mol. The van der Waals surface area contributed by atoms with Gasteiger partial charge in [-0.25, -0.2) is 0 Å². The maximum Gasteiger partial charge on any atom is 0.268 e. The van der Waals surface area contributed by atoms with Crippen molar-refractivity contribution in [3.05, 3.63) is 53.9 Å². The van der Waals surface area contributed by atoms with E-state index in [0.29, 0.717) is 5.69 Å². The number of nitrogens with zero attached hydrogens (tertiary/aromatic N) is 5. The van der Waals surface area contributed by atoms with Crippen molar-refractivity contribution >= 4 is 5.82 Å². The fourth-order valence-corrected chi connectivity index (χ4v) is 3.21. The highest BCUT2D eigenvalue weighted by Crippen LogP contribution is 2.28. The van der Waals surface area contributed by atoms with Crippen molar-refractivity contribution in [2.24, 2.45) is 0 Å². The highest BCUT2D eigenvalue weighted by atomic mass is 16.5. The summed E-state index contributed by atoms with van der Waals surface area (Å²) in [5.41, 5.74) is 1.00. The molecule has 1 aliphatic rings. The number of anilines is 1. The lowest BCUT2D eigenvalue weighted by molar-refractivity contribution is 0.0207. The Hall–Kier alpha value is -3.28. The van der Waals surface area contributed by atoms with Crippen molar-refractivity contribution in [1.29, 1.82) is 0 Å². The van der Waals surface area contributed by atoms with E-state index in [1.807, 2.05) is 36.4 Å². The summed E-state index contributed by atoms with van der Waals surface area (Å²) < 4.78 is 11.1. The van der Waals surface area contributed by atoms with Crippen LogP contribution >= 0.6 is 0 Å². The van der Waals surface area contributed by atoms with E-state index in [1.165, 1.54) is 0 Å². The summed E-state index contributed by atoms with van der Waals surface area (Å²) in [5, 5.41) is 25.1. The van der Waals surface area contributed by atoms with Crippen molar-refractivity contribution in [3.63, 3.8) is 0 Å². The van der Waals surface area contributed by atoms with Gasteiger partial charge in [0.05, 0.1) is 0 Å². The Morgan fingerprint density at radius 3 is 2.48 bits per heavy atom. The van der Waals surface area contributed by atoms with Gasteiger partial charge < -0.3 is 19.2 Å². The molecule has 0 bridgehead atoms. The first-order valence-electron chi connectivity index (χ1n) is 9.37. The molecule has 8 heteroatoms. The van der Waals surface area contributed by atoms with Crippen LogP contribution in [0.25, 0.3) is 11.6 Å². The van der Waals surface area contributed by atoms with Gasteiger partial charge in [0.15, 0.2) is 5.82 Å². The SMILES string of the molecule is COC1(C#Cc2ccccc2)CCN(c2ccc(-c3nnc(CO)o3)nn2)CC1. The van der Waals surface area contributed by atoms with E-state index in [0.717, 1.165) is 37.3 Å². The molecule has 0 unspecified atom stereocenters. The van der Waals surface area contributed by atoms with E-state index in [2.05, 4.69) is 37.1 Å². The number of aliphatic hydroxyl groups is 1. The van der Waals surface area contributed by atoms with Crippen LogP contribution in [-0.2, 0) is 11.3 Å². The standard InChI is InChI=1S/C21H21N5O3/c1-28-21(10-9-16-5-3-2-4-6-16)11-13-26(14-12-21)18-8-7-17(22-23-18)20-25-24-19(15-27)29-20/h2-8,27H,11-15H2,1H3. The van der Waals surface area contributed by atoms with Gasteiger partial charge in [-0.2, -0.15) is 0 Å². The Morgan fingerprint density at radius 2 is 1.86 bits per heavy atom. The second-order valence-electron chi connectivity index (χ2n) is 6.74. The predicted octanol–water partition coefficient (Wildman–Crippen LogP) is 2.06. The molecular weight excluding hydrogens is 370 g/mol. The number of piperidine rings is 1. The summed E-state index contributed by atoms with van der Waals surface area (Å²) in [6.45, 7) is 1.22. The zero-order valence-corrected chi connectivity index (χ0v) is 16.1. The van der Waals surface area contributed by atoms with Gasteiger partial charge >= 0.3 is 0 Å². The molecule has 0 aliphatic carbocycles. The van der Waals surface area contributed by atoms with Crippen LogP contribution in [0.5, 0.6) is 0 Å². The molecule has 0 spiro atoms. The first-order valence-corrected chi connectivity index (χ1v) is 9.37. The Labute approximate surface area is 168 Å². The number of rotatable bonds is 4. The summed E-state index contributed by atoms with van der Waals surface area (Å²) >= 11 is 0. The Kier molecular flexibility index (Phi) is 5.51. The molecule has 8 nitrogen and oxygen atoms in total. The monoisotopic (exact) mass is 391 g/mol. The maximum absolute atomic E-state index is 9.02. The van der Waals surface area contributed by atoms with Crippen LogP contribution in [0.4, 0.5) is 5.82 Å². The second-order valence-corrected chi connectivity index (χ2v) is 6.74. The normalized spacial score (nSPS) is 15.6. The van der Waals surface area contributed by atoms with E-state index in [9.17, 15) is 0 Å². The van der Waals surface area contributed by atoms with Crippen molar-refractivity contribution in [3.8, 4) is 23.4 Å². The van der Waals surface area contributed by atoms with E-state index < -0.39 is 5.60 Å². The van der Waals surface area contributed by atoms with Crippen LogP contribution in [-0.4, -0.2) is 51.3 Å². The smallest absolute Gasteiger partial charge is 0.268 e. The summed E-state index contributed by atoms with van der Waals surface area (Å²) in [6, 6.07) is 13.6. The van der Waals surface area contributed by atoms with Gasteiger partial charge in [0, 0.05) is 38.6 Å². The predicted molar refractivity (Wildman–Crippen MR) is 106 cm³/mol. The molecule has 1 aliphatic heterocycles. The van der Waals surface area contributed by atoms with Gasteiger partial charge in [0.25, 0.3) is 5.89 Å². The van der Waals surface area contributed by atoms with Crippen molar-refractivity contribution < 1.29 is 14.3 Å². The van der Waals surface area contributed by atoms with Gasteiger partial charge in [-0.1, -0.05) is 30.0 Å². The minimum Gasteiger partial charge on any atom is -0.417 e. The minimum absolute atomic E-state index is 0.148. The summed E-state index contributed by atoms with van der Waals surface area (Å²) in [4.78, 5) is 2.16. The van der Waals surface area contributed by atoms with Crippen LogP contribution in [0.2, 0.25) is 0 Å². The van der Waals surface area contributed by atoms with Gasteiger partial charge in [0.2, 0.25) is 5.89 Å². The third kappa shape index (κ3) is 4.26. The largest absolute Gasteiger partial charge is 0.417 e. The van der Waals surface area contributed by atoms with Crippen LogP contribution in [0, 0.1) is 11.8 Å². The quantitative estimate of drug-likeness (QED) is 0.675. The highest BCUT2D eigenvalue weighted by molar-refractivity contribution is 5.49. The number of ether oxygens (including phenoxy) is 1. The summed E-state index contributed by atoms with van der Waals surface area (Å²) in [6.07, 6.45) is 1.55. The molecule has 1 saturated heterocycles. The summed E-state index contributed by atoms with van der Waals surface area (Å²) in [5.74, 6) is 7.72. The maximum atomic E-state index is 9.02. The van der Waals surface area contributed by atoms with Gasteiger partial charge in [-0.3, -0.25) is 0 Å². The number of hydrogen-bond acceptors (Lipinski definition) is 8. The van der Waals surface area contributed by atoms with Gasteiger partial charge in [-0.05, 0) is 24.3 Å². The molecule has 2 aromatic heterocycles. The lowest BCUT2D eigenvalue weighted by Crippen LogP contribution is -2.45. The summed E-state index contributed by atoms with van der Waals surface area (Å²) in [7, 11) is 1.72. The van der Waals surface area contributed by atoms with Crippen molar-refractivity contribution in [1.82, 2.24) is 20.4 Å². The Morgan fingerprint density at radius 1 is 1.07 bits per heavy atom. The Bertz CT molecular complexity index is 1000. The zero-order chi connectivity index (χ0) is 20.1. The molecule has 0 saturated carbocycles. The zero-order valence-electron chi connectivity index (χ0n) is 16.1. The molecular formula is C21H21N5O3. The van der Waals surface area contributed by atoms with E-state index in [1.54, 1.807) is 13.2 Å². The van der Waals surface area contributed by atoms with Crippen molar-refractivity contribution in [2.45, 2.75) is 25.0 Å². The van der Waals surface area contributed by atoms with Gasteiger partial charge in [-0.15, -0.1) is 20.4 Å². The number of methoxy groups -OCH3 is 1. The molecule has 1 fully saturated rings. The number of aliphatic hydroxyl groups excluding tert-OH is 1. The average Bonchev–Trinajstić information content (AvgIpc) is 3.28. The highest BCUT2D eigenvalue weighted by Gasteiger charge is 2.33. The second kappa shape index (κ2) is 8.39. The molecule has 0 atom stereocenters. The third-order valence-corrected chi connectivity index (χ3v) is 4.97. The van der Waals surface area contributed by atoms with Crippen LogP contribution < -0.4 is 4.90 Å². The fourth-order valence-electron chi connectivity index (χ4n) is 3.21. The van der Waals surface area contributed by atoms with E-state index in [-0.39, 0.29) is 18.4 Å². The van der Waals surface area contributed by atoms with Gasteiger partial charge in [0.1, 0.15) is 17.9 Å². The third-order valence-electron chi connectivity index (χ3n) is 4.97. The van der Waals surface area contributed by atoms with E-state index >= 15 is 0 Å². The molecule has 29 heavy (non-hydrogen) atoms. The minimum atomic E-state index is -0.454. The lowest BCUT2D eigenvalue weighted by Gasteiger charge is -2.37. The number of hydrogen-bond donors (Lipinski definition) is 1. The van der Waals surface area contributed by atoms with Crippen LogP contribution in [0.3, 0.4) is 0 Å². The molecule has 3 heterocycles. The molecule has 1 N–H and O–H groups in total. The number of benzene rings is 1. The fraction of sp³-hybridized carbons (Fsp3) is 0.333. The van der Waals surface area contributed by atoms with Crippen LogP contribution in [0.1, 0.15) is 24.3 Å². The molecule has 0 amide bonds. The first kappa shape index (κ1) is 19.1. The lowest BCUT2D eigenvalue weighted by atomic mass is 9.91. The molecule has 0 radical (unpaired) electrons. The molecule has 3 aromatic rings. The topological polar surface area (TPSA) is 97.4 Å². The molecule has 4 rings (SSSR count). The molecule has 148 valence electrons. The Balaban J connectivity index is 1.43. The van der Waals surface area contributed by atoms with E-state index in [4.69, 9.17) is 14.3 Å². The van der Waals surface area contributed by atoms with Crippen LogP contribution in [0.15, 0.2) is 46.9 Å². The first-order chi connectivity index (χ1) is 14.2. The van der Waals surface area contributed by atoms with Crippen molar-refractivity contribution in [2.75, 3.05) is 25.1 Å². The number of aromatic nitrogens is 4.